The van der Waals surface area contributed by atoms with Crippen molar-refractivity contribution in [1.82, 2.24) is 14.9 Å². The highest BCUT2D eigenvalue weighted by molar-refractivity contribution is 6.31. The summed E-state index contributed by atoms with van der Waals surface area (Å²) in [4.78, 5) is 17.0. The lowest BCUT2D eigenvalue weighted by Gasteiger charge is -2.19. The van der Waals surface area contributed by atoms with Gasteiger partial charge in [-0.3, -0.25) is 9.36 Å². The van der Waals surface area contributed by atoms with Gasteiger partial charge in [0.05, 0.1) is 16.9 Å². The van der Waals surface area contributed by atoms with Gasteiger partial charge in [-0.05, 0) is 49.2 Å². The van der Waals surface area contributed by atoms with Crippen LogP contribution in [0.4, 0.5) is 0 Å². The molecule has 1 N–H and O–H groups in total. The van der Waals surface area contributed by atoms with E-state index in [4.69, 9.17) is 23.2 Å². The zero-order valence-corrected chi connectivity index (χ0v) is 12.4. The maximum absolute atomic E-state index is 12.6. The summed E-state index contributed by atoms with van der Waals surface area (Å²) in [5.74, 6) is 0. The average Bonchev–Trinajstić information content (AvgIpc) is 2.67. The normalized spacial score (nSPS) is 20.0. The summed E-state index contributed by atoms with van der Waals surface area (Å²) in [5, 5.41) is 4.68. The van der Waals surface area contributed by atoms with Gasteiger partial charge >= 0.3 is 0 Å². The number of hydrogen-bond acceptors (Lipinski definition) is 3. The average molecular weight is 312 g/mol. The molecular weight excluding hydrogens is 297 g/mol. The Morgan fingerprint density at radius 1 is 1.30 bits per heavy atom. The van der Waals surface area contributed by atoms with Gasteiger partial charge in [0.15, 0.2) is 0 Å². The van der Waals surface area contributed by atoms with Crippen molar-refractivity contribution in [3.63, 3.8) is 0 Å². The zero-order valence-electron chi connectivity index (χ0n) is 10.9. The Hall–Kier alpha value is -1.10. The maximum Gasteiger partial charge on any atom is 0.262 e. The molecule has 106 valence electrons. The first-order valence-electron chi connectivity index (χ1n) is 6.75. The Morgan fingerprint density at radius 2 is 2.15 bits per heavy atom. The van der Waals surface area contributed by atoms with Crippen LogP contribution in [0.15, 0.2) is 23.0 Å². The minimum absolute atomic E-state index is 0.0603. The van der Waals surface area contributed by atoms with Gasteiger partial charge in [0, 0.05) is 11.6 Å². The third-order valence-electron chi connectivity index (χ3n) is 3.71. The van der Waals surface area contributed by atoms with E-state index in [2.05, 4.69) is 10.3 Å². The summed E-state index contributed by atoms with van der Waals surface area (Å²) >= 11 is 12.2. The molecule has 1 fully saturated rings. The molecule has 0 spiro atoms. The van der Waals surface area contributed by atoms with E-state index in [1.807, 2.05) is 0 Å². The minimum atomic E-state index is -0.0923. The topological polar surface area (TPSA) is 46.9 Å². The molecule has 1 unspecified atom stereocenters. The van der Waals surface area contributed by atoms with Crippen molar-refractivity contribution in [3.05, 3.63) is 38.9 Å². The monoisotopic (exact) mass is 311 g/mol. The molecule has 0 radical (unpaired) electrons. The molecule has 6 heteroatoms. The molecule has 0 bridgehead atoms. The molecule has 2 aromatic rings. The molecule has 1 saturated heterocycles. The molecule has 2 heterocycles. The summed E-state index contributed by atoms with van der Waals surface area (Å²) in [5.41, 5.74) is 0.454. The van der Waals surface area contributed by atoms with E-state index in [9.17, 15) is 4.79 Å². The van der Waals surface area contributed by atoms with Crippen LogP contribution in [-0.2, 0) is 0 Å². The minimum Gasteiger partial charge on any atom is -0.315 e. The van der Waals surface area contributed by atoms with Gasteiger partial charge < -0.3 is 5.32 Å². The fourth-order valence-corrected chi connectivity index (χ4v) is 3.15. The maximum atomic E-state index is 12.6. The van der Waals surface area contributed by atoms with Crippen LogP contribution in [0.25, 0.3) is 10.9 Å². The fourth-order valence-electron chi connectivity index (χ4n) is 2.68. The van der Waals surface area contributed by atoms with Crippen molar-refractivity contribution >= 4 is 34.1 Å². The van der Waals surface area contributed by atoms with Crippen LogP contribution in [0, 0.1) is 0 Å². The Bertz CT molecular complexity index is 691. The van der Waals surface area contributed by atoms with Crippen molar-refractivity contribution in [2.45, 2.75) is 25.3 Å². The van der Waals surface area contributed by atoms with Gasteiger partial charge in [-0.1, -0.05) is 18.0 Å². The van der Waals surface area contributed by atoms with Gasteiger partial charge in [0.25, 0.3) is 5.56 Å². The zero-order chi connectivity index (χ0) is 14.1. The Morgan fingerprint density at radius 3 is 3.00 bits per heavy atom. The number of aromatic nitrogens is 2. The number of nitrogens with zero attached hydrogens (tertiary/aromatic N) is 2. The van der Waals surface area contributed by atoms with Crippen LogP contribution in [0.3, 0.4) is 0 Å². The van der Waals surface area contributed by atoms with Crippen molar-refractivity contribution in [2.24, 2.45) is 0 Å². The quantitative estimate of drug-likeness (QED) is 0.823. The second-order valence-electron chi connectivity index (χ2n) is 5.07. The van der Waals surface area contributed by atoms with E-state index < -0.39 is 0 Å². The largest absolute Gasteiger partial charge is 0.315 e. The predicted molar refractivity (Wildman–Crippen MR) is 81.8 cm³/mol. The van der Waals surface area contributed by atoms with E-state index in [1.165, 1.54) is 0 Å². The molecule has 3 rings (SSSR count). The van der Waals surface area contributed by atoms with Gasteiger partial charge in [-0.25, -0.2) is 4.98 Å². The smallest absolute Gasteiger partial charge is 0.262 e. The van der Waals surface area contributed by atoms with Gasteiger partial charge in [0.1, 0.15) is 0 Å². The van der Waals surface area contributed by atoms with E-state index in [-0.39, 0.29) is 16.9 Å². The molecule has 4 nitrogen and oxygen atoms in total. The first-order chi connectivity index (χ1) is 9.66. The Labute approximate surface area is 126 Å². The van der Waals surface area contributed by atoms with E-state index in [1.54, 1.807) is 22.8 Å². The number of fused-ring (bicyclic) bond motifs is 1. The lowest BCUT2D eigenvalue weighted by molar-refractivity contribution is 0.447. The second kappa shape index (κ2) is 5.72. The van der Waals surface area contributed by atoms with Crippen LogP contribution >= 0.6 is 23.2 Å². The SMILES string of the molecule is O=c1c2ccc(Cl)cc2nc(Cl)n1C1CCCCNC1. The molecule has 1 atom stereocenters. The number of nitrogens with one attached hydrogen (secondary N) is 1. The third-order valence-corrected chi connectivity index (χ3v) is 4.21. The van der Waals surface area contributed by atoms with E-state index in [0.29, 0.717) is 15.9 Å². The predicted octanol–water partition coefficient (Wildman–Crippen LogP) is 3.02. The molecule has 0 amide bonds. The van der Waals surface area contributed by atoms with Gasteiger partial charge in [-0.15, -0.1) is 0 Å². The van der Waals surface area contributed by atoms with Gasteiger partial charge in [-0.2, -0.15) is 0 Å². The van der Waals surface area contributed by atoms with Crippen molar-refractivity contribution < 1.29 is 0 Å². The second-order valence-corrected chi connectivity index (χ2v) is 5.85. The van der Waals surface area contributed by atoms with Crippen LogP contribution in [0.1, 0.15) is 25.3 Å². The van der Waals surface area contributed by atoms with Crippen molar-refractivity contribution in [2.75, 3.05) is 13.1 Å². The third kappa shape index (κ3) is 2.55. The highest BCUT2D eigenvalue weighted by atomic mass is 35.5. The first-order valence-corrected chi connectivity index (χ1v) is 7.50. The number of rotatable bonds is 1. The Balaban J connectivity index is 2.15. The molecular formula is C14H15Cl2N3O. The van der Waals surface area contributed by atoms with E-state index in [0.717, 1.165) is 32.4 Å². The van der Waals surface area contributed by atoms with Crippen LogP contribution < -0.4 is 10.9 Å². The molecule has 1 aromatic heterocycles. The highest BCUT2D eigenvalue weighted by Crippen LogP contribution is 2.22. The van der Waals surface area contributed by atoms with Crippen LogP contribution in [0.5, 0.6) is 0 Å². The highest BCUT2D eigenvalue weighted by Gasteiger charge is 2.19. The van der Waals surface area contributed by atoms with Gasteiger partial charge in [0.2, 0.25) is 5.28 Å². The molecule has 1 aromatic carbocycles. The number of halogens is 2. The summed E-state index contributed by atoms with van der Waals surface area (Å²) in [7, 11) is 0. The molecule has 0 aliphatic carbocycles. The Kier molecular flexibility index (Phi) is 3.96. The summed E-state index contributed by atoms with van der Waals surface area (Å²) < 4.78 is 1.61. The lowest BCUT2D eigenvalue weighted by Crippen LogP contribution is -2.32. The summed E-state index contributed by atoms with van der Waals surface area (Å²) in [6.45, 7) is 1.74. The molecule has 1 aliphatic heterocycles. The first kappa shape index (κ1) is 13.9. The number of benzene rings is 1. The standard InChI is InChI=1S/C14H15Cl2N3O/c15-9-4-5-11-12(7-9)18-14(16)19(13(11)20)10-3-1-2-6-17-8-10/h4-5,7,10,17H,1-3,6,8H2. The summed E-state index contributed by atoms with van der Waals surface area (Å²) in [6.07, 6.45) is 3.14. The lowest BCUT2D eigenvalue weighted by atomic mass is 10.1. The molecule has 0 saturated carbocycles. The number of hydrogen-bond donors (Lipinski definition) is 1. The fraction of sp³-hybridized carbons (Fsp3) is 0.429. The van der Waals surface area contributed by atoms with Crippen LogP contribution in [-0.4, -0.2) is 22.6 Å². The van der Waals surface area contributed by atoms with Crippen molar-refractivity contribution in [1.29, 1.82) is 0 Å². The summed E-state index contributed by atoms with van der Waals surface area (Å²) in [6, 6.07) is 5.14. The molecule has 20 heavy (non-hydrogen) atoms. The van der Waals surface area contributed by atoms with Crippen molar-refractivity contribution in [3.8, 4) is 0 Å². The van der Waals surface area contributed by atoms with Crippen LogP contribution in [0.2, 0.25) is 10.3 Å². The van der Waals surface area contributed by atoms with E-state index >= 15 is 0 Å². The molecule has 1 aliphatic rings.